The Kier molecular flexibility index (Phi) is 6.79. The van der Waals surface area contributed by atoms with Crippen LogP contribution in [0.25, 0.3) is 0 Å². The molecule has 2 rings (SSSR count). The van der Waals surface area contributed by atoms with E-state index in [2.05, 4.69) is 11.7 Å². The zero-order valence-corrected chi connectivity index (χ0v) is 11.6. The first-order chi connectivity index (χ1) is 9.17. The third kappa shape index (κ3) is 5.64. The van der Waals surface area contributed by atoms with Gasteiger partial charge >= 0.3 is 0 Å². The van der Waals surface area contributed by atoms with Gasteiger partial charge in [0.15, 0.2) is 0 Å². The molecule has 1 N–H and O–H groups in total. The number of ether oxygens (including phenoxy) is 2. The Balaban J connectivity index is 0.000000312. The number of carbonyl (C=O) groups excluding carboxylic acids is 1. The monoisotopic (exact) mass is 266 g/mol. The maximum absolute atomic E-state index is 9.34. The van der Waals surface area contributed by atoms with Crippen molar-refractivity contribution in [3.63, 3.8) is 0 Å². The molecular formula is C15H22O4. The lowest BCUT2D eigenvalue weighted by molar-refractivity contribution is -0.128. The molecule has 1 aliphatic heterocycles. The lowest BCUT2D eigenvalue weighted by atomic mass is 9.95. The van der Waals surface area contributed by atoms with E-state index in [0.717, 1.165) is 25.2 Å². The second-order valence-corrected chi connectivity index (χ2v) is 4.64. The summed E-state index contributed by atoms with van der Waals surface area (Å²) in [6, 6.07) is 5.41. The molecular weight excluding hydrogens is 244 g/mol. The van der Waals surface area contributed by atoms with Gasteiger partial charge in [0.05, 0.1) is 13.2 Å². The number of phenols is 1. The van der Waals surface area contributed by atoms with Crippen molar-refractivity contribution in [3.05, 3.63) is 23.8 Å². The van der Waals surface area contributed by atoms with E-state index < -0.39 is 0 Å². The predicted octanol–water partition coefficient (Wildman–Crippen LogP) is 2.92. The Bertz CT molecular complexity index is 390. The molecule has 0 spiro atoms. The van der Waals surface area contributed by atoms with Crippen LogP contribution in [0.2, 0.25) is 0 Å². The Morgan fingerprint density at radius 1 is 1.53 bits per heavy atom. The highest BCUT2D eigenvalue weighted by Gasteiger charge is 2.12. The van der Waals surface area contributed by atoms with E-state index in [-0.39, 0.29) is 5.75 Å². The van der Waals surface area contributed by atoms with Crippen LogP contribution in [-0.4, -0.2) is 24.8 Å². The number of rotatable bonds is 2. The Morgan fingerprint density at radius 3 is 2.95 bits per heavy atom. The first-order valence-electron chi connectivity index (χ1n) is 6.67. The van der Waals surface area contributed by atoms with Crippen molar-refractivity contribution in [2.24, 2.45) is 5.92 Å². The maximum atomic E-state index is 9.34. The molecule has 0 saturated heterocycles. The van der Waals surface area contributed by atoms with Crippen LogP contribution in [0.3, 0.4) is 0 Å². The average Bonchev–Trinajstić information content (AvgIpc) is 2.37. The van der Waals surface area contributed by atoms with Gasteiger partial charge in [0.25, 0.3) is 6.47 Å². The highest BCUT2D eigenvalue weighted by Crippen LogP contribution is 2.29. The molecule has 106 valence electrons. The number of carbonyl (C=O) groups is 1. The molecule has 1 aromatic carbocycles. The quantitative estimate of drug-likeness (QED) is 0.836. The molecule has 0 aliphatic carbocycles. The van der Waals surface area contributed by atoms with Gasteiger partial charge in [-0.15, -0.1) is 0 Å². The smallest absolute Gasteiger partial charge is 0.293 e. The zero-order valence-electron chi connectivity index (χ0n) is 11.6. The summed E-state index contributed by atoms with van der Waals surface area (Å²) < 4.78 is 9.75. The molecule has 4 heteroatoms. The molecule has 1 atom stereocenters. The number of hydrogen-bond donors (Lipinski definition) is 1. The lowest BCUT2D eigenvalue weighted by Gasteiger charge is -2.19. The summed E-state index contributed by atoms with van der Waals surface area (Å²) in [5, 5.41) is 9.34. The van der Waals surface area contributed by atoms with Gasteiger partial charge in [-0.2, -0.15) is 0 Å². The second-order valence-electron chi connectivity index (χ2n) is 4.64. The summed E-state index contributed by atoms with van der Waals surface area (Å²) in [6.45, 7) is 5.70. The van der Waals surface area contributed by atoms with Crippen LogP contribution in [0.5, 0.6) is 11.5 Å². The summed E-state index contributed by atoms with van der Waals surface area (Å²) in [7, 11) is 0. The summed E-state index contributed by atoms with van der Waals surface area (Å²) in [5.41, 5.74) is 1.22. The van der Waals surface area contributed by atoms with Crippen molar-refractivity contribution in [2.75, 3.05) is 13.2 Å². The Hall–Kier alpha value is -1.71. The number of aromatic hydroxyl groups is 1. The van der Waals surface area contributed by atoms with Crippen molar-refractivity contribution in [1.29, 1.82) is 0 Å². The highest BCUT2D eigenvalue weighted by molar-refractivity contribution is 5.40. The number of fused-ring (bicyclic) bond motifs is 1. The molecule has 19 heavy (non-hydrogen) atoms. The minimum atomic E-state index is 0.289. The van der Waals surface area contributed by atoms with Gasteiger partial charge in [-0.3, -0.25) is 4.79 Å². The van der Waals surface area contributed by atoms with Crippen LogP contribution in [0, 0.1) is 5.92 Å². The fraction of sp³-hybridized carbons (Fsp3) is 0.533. The van der Waals surface area contributed by atoms with Crippen LogP contribution in [-0.2, 0) is 16.0 Å². The van der Waals surface area contributed by atoms with Gasteiger partial charge in [0.1, 0.15) is 11.5 Å². The van der Waals surface area contributed by atoms with Crippen molar-refractivity contribution < 1.29 is 19.4 Å². The second kappa shape index (κ2) is 8.40. The van der Waals surface area contributed by atoms with Gasteiger partial charge in [-0.1, -0.05) is 13.0 Å². The molecule has 0 aromatic heterocycles. The number of phenolic OH excluding ortho intramolecular Hbond substituents is 1. The topological polar surface area (TPSA) is 55.8 Å². The lowest BCUT2D eigenvalue weighted by Crippen LogP contribution is -2.10. The van der Waals surface area contributed by atoms with Gasteiger partial charge in [-0.25, -0.2) is 0 Å². The minimum Gasteiger partial charge on any atom is -0.508 e. The fourth-order valence-corrected chi connectivity index (χ4v) is 2.01. The summed E-state index contributed by atoms with van der Waals surface area (Å²) in [4.78, 5) is 9.18. The van der Waals surface area contributed by atoms with E-state index in [9.17, 15) is 9.90 Å². The van der Waals surface area contributed by atoms with Crippen LogP contribution < -0.4 is 4.74 Å². The molecule has 0 bridgehead atoms. The first kappa shape index (κ1) is 15.3. The van der Waals surface area contributed by atoms with Crippen molar-refractivity contribution in [1.82, 2.24) is 0 Å². The standard InChI is InChI=1S/C12H16O2.C3H6O2/c1-9-3-2-6-14-12-8-11(13)5-4-10(12)7-9;1-2-5-3-4/h4-5,8-9,13H,2-3,6-7H2,1H3;3H,2H2,1H3. The van der Waals surface area contributed by atoms with E-state index in [4.69, 9.17) is 4.74 Å². The highest BCUT2D eigenvalue weighted by atomic mass is 16.5. The Morgan fingerprint density at radius 2 is 2.32 bits per heavy atom. The van der Waals surface area contributed by atoms with Gasteiger partial charge in [0.2, 0.25) is 0 Å². The van der Waals surface area contributed by atoms with Gasteiger partial charge in [0, 0.05) is 6.07 Å². The van der Waals surface area contributed by atoms with Gasteiger partial charge in [-0.05, 0) is 43.7 Å². The fourth-order valence-electron chi connectivity index (χ4n) is 2.01. The van der Waals surface area contributed by atoms with Crippen LogP contribution in [0.4, 0.5) is 0 Å². The average molecular weight is 266 g/mol. The van der Waals surface area contributed by atoms with Crippen LogP contribution in [0.15, 0.2) is 18.2 Å². The zero-order chi connectivity index (χ0) is 14.1. The van der Waals surface area contributed by atoms with E-state index in [0.29, 0.717) is 19.0 Å². The summed E-state index contributed by atoms with van der Waals surface area (Å²) in [5.74, 6) is 1.86. The number of benzene rings is 1. The van der Waals surface area contributed by atoms with Crippen LogP contribution >= 0.6 is 0 Å². The molecule has 1 heterocycles. The molecule has 1 unspecified atom stereocenters. The normalized spacial score (nSPS) is 17.7. The third-order valence-electron chi connectivity index (χ3n) is 2.95. The largest absolute Gasteiger partial charge is 0.508 e. The van der Waals surface area contributed by atoms with E-state index in [1.807, 2.05) is 6.07 Å². The maximum Gasteiger partial charge on any atom is 0.293 e. The number of hydrogen-bond acceptors (Lipinski definition) is 4. The van der Waals surface area contributed by atoms with Crippen molar-refractivity contribution in [3.8, 4) is 11.5 Å². The minimum absolute atomic E-state index is 0.289. The molecule has 0 amide bonds. The Labute approximate surface area is 114 Å². The van der Waals surface area contributed by atoms with Crippen molar-refractivity contribution >= 4 is 6.47 Å². The third-order valence-corrected chi connectivity index (χ3v) is 2.95. The molecule has 1 aliphatic rings. The molecule has 1 aromatic rings. The van der Waals surface area contributed by atoms with Crippen LogP contribution in [0.1, 0.15) is 32.3 Å². The molecule has 0 radical (unpaired) electrons. The molecule has 0 saturated carbocycles. The van der Waals surface area contributed by atoms with Crippen molar-refractivity contribution in [2.45, 2.75) is 33.1 Å². The van der Waals surface area contributed by atoms with Gasteiger partial charge < -0.3 is 14.6 Å². The molecule has 4 nitrogen and oxygen atoms in total. The van der Waals surface area contributed by atoms with E-state index in [1.165, 1.54) is 12.0 Å². The summed E-state index contributed by atoms with van der Waals surface area (Å²) >= 11 is 0. The van der Waals surface area contributed by atoms with E-state index >= 15 is 0 Å². The van der Waals surface area contributed by atoms with E-state index in [1.54, 1.807) is 19.1 Å². The first-order valence-corrected chi connectivity index (χ1v) is 6.67. The predicted molar refractivity (Wildman–Crippen MR) is 73.4 cm³/mol. The molecule has 0 fully saturated rings. The summed E-state index contributed by atoms with van der Waals surface area (Å²) in [6.07, 6.45) is 3.38. The SMILES string of the molecule is CC1CCCOc2cc(O)ccc2C1.CCOC=O.